The molecule has 0 saturated carbocycles. The van der Waals surface area contributed by atoms with Gasteiger partial charge in [0, 0.05) is 0 Å². The molecular formula is C10H5Br2F2N3O2S. The van der Waals surface area contributed by atoms with Crippen LogP contribution in [0.5, 0.6) is 0 Å². The van der Waals surface area contributed by atoms with Gasteiger partial charge in [-0.1, -0.05) is 0 Å². The Morgan fingerprint density at radius 3 is 2.55 bits per heavy atom. The fraction of sp³-hybridized carbons (Fsp3) is 0. The number of nitrogens with zero attached hydrogens (tertiary/aromatic N) is 2. The van der Waals surface area contributed by atoms with Gasteiger partial charge in [-0.2, -0.15) is 0 Å². The topological polar surface area (TPSA) is 72.0 Å². The summed E-state index contributed by atoms with van der Waals surface area (Å²) in [4.78, 5) is 6.83. The summed E-state index contributed by atoms with van der Waals surface area (Å²) in [5.41, 5.74) is 0. The Balaban J connectivity index is 2.43. The van der Waals surface area contributed by atoms with Crippen LogP contribution in [0, 0.1) is 11.6 Å². The van der Waals surface area contributed by atoms with Crippen LogP contribution in [0.2, 0.25) is 0 Å². The van der Waals surface area contributed by atoms with Crippen molar-refractivity contribution in [1.29, 1.82) is 0 Å². The van der Waals surface area contributed by atoms with E-state index in [-0.39, 0.29) is 10.4 Å². The van der Waals surface area contributed by atoms with Gasteiger partial charge in [-0.25, -0.2) is 27.2 Å². The number of anilines is 1. The number of hydrogen-bond donors (Lipinski definition) is 1. The molecule has 0 aliphatic heterocycles. The fourth-order valence-electron chi connectivity index (χ4n) is 1.28. The lowest BCUT2D eigenvalue weighted by atomic mass is 10.3. The Bertz CT molecular complexity index is 771. The standard InChI is InChI=1S/C10H5Br2F2N3O2S/c11-8-4-15-10(9(12)16-8)17-20(18,19)7-3-5(13)1-2-6(7)14/h1-4H,(H,15,17). The van der Waals surface area contributed by atoms with E-state index in [1.54, 1.807) is 0 Å². The zero-order valence-electron chi connectivity index (χ0n) is 9.44. The zero-order chi connectivity index (χ0) is 14.9. The Hall–Kier alpha value is -1.13. The van der Waals surface area contributed by atoms with Crippen molar-refractivity contribution in [3.8, 4) is 0 Å². The highest BCUT2D eigenvalue weighted by molar-refractivity contribution is 9.11. The highest BCUT2D eigenvalue weighted by atomic mass is 79.9. The van der Waals surface area contributed by atoms with E-state index >= 15 is 0 Å². The van der Waals surface area contributed by atoms with Crippen LogP contribution >= 0.6 is 31.9 Å². The first-order valence-electron chi connectivity index (χ1n) is 4.95. The summed E-state index contributed by atoms with van der Waals surface area (Å²) in [5.74, 6) is -2.08. The first kappa shape index (κ1) is 15.3. The maximum Gasteiger partial charge on any atom is 0.266 e. The molecule has 0 unspecified atom stereocenters. The number of nitrogens with one attached hydrogen (secondary N) is 1. The SMILES string of the molecule is O=S(=O)(Nc1ncc(Br)nc1Br)c1cc(F)ccc1F. The van der Waals surface area contributed by atoms with Crippen molar-refractivity contribution < 1.29 is 17.2 Å². The van der Waals surface area contributed by atoms with Crippen LogP contribution in [-0.2, 0) is 10.0 Å². The number of halogens is 4. The van der Waals surface area contributed by atoms with E-state index in [0.717, 1.165) is 12.1 Å². The van der Waals surface area contributed by atoms with Crippen molar-refractivity contribution in [3.63, 3.8) is 0 Å². The van der Waals surface area contributed by atoms with Gasteiger partial charge in [-0.15, -0.1) is 0 Å². The van der Waals surface area contributed by atoms with Crippen LogP contribution < -0.4 is 4.72 Å². The van der Waals surface area contributed by atoms with Crippen LogP contribution in [0.3, 0.4) is 0 Å². The van der Waals surface area contributed by atoms with Crippen molar-refractivity contribution in [2.45, 2.75) is 4.90 Å². The molecule has 0 spiro atoms. The molecule has 0 aliphatic carbocycles. The first-order valence-corrected chi connectivity index (χ1v) is 8.02. The van der Waals surface area contributed by atoms with Crippen LogP contribution in [0.1, 0.15) is 0 Å². The molecule has 106 valence electrons. The third-order valence-corrected chi connectivity index (χ3v) is 4.40. The molecule has 5 nitrogen and oxygen atoms in total. The molecule has 1 aromatic heterocycles. The maximum absolute atomic E-state index is 13.5. The average Bonchev–Trinajstić information content (AvgIpc) is 2.35. The van der Waals surface area contributed by atoms with Crippen LogP contribution in [0.25, 0.3) is 0 Å². The highest BCUT2D eigenvalue weighted by Gasteiger charge is 2.22. The summed E-state index contributed by atoms with van der Waals surface area (Å²) >= 11 is 6.06. The molecule has 1 N–H and O–H groups in total. The number of aromatic nitrogens is 2. The average molecular weight is 429 g/mol. The summed E-state index contributed by atoms with van der Waals surface area (Å²) < 4.78 is 53.0. The highest BCUT2D eigenvalue weighted by Crippen LogP contribution is 2.24. The molecule has 10 heteroatoms. The van der Waals surface area contributed by atoms with E-state index in [1.807, 2.05) is 4.72 Å². The molecule has 2 aromatic rings. The third kappa shape index (κ3) is 3.30. The van der Waals surface area contributed by atoms with E-state index in [4.69, 9.17) is 0 Å². The van der Waals surface area contributed by atoms with Gasteiger partial charge in [0.25, 0.3) is 10.0 Å². The molecule has 0 radical (unpaired) electrons. The minimum Gasteiger partial charge on any atom is -0.261 e. The van der Waals surface area contributed by atoms with Gasteiger partial charge >= 0.3 is 0 Å². The zero-order valence-corrected chi connectivity index (χ0v) is 13.4. The minimum atomic E-state index is -4.31. The predicted molar refractivity (Wildman–Crippen MR) is 74.6 cm³/mol. The lowest BCUT2D eigenvalue weighted by Gasteiger charge is -2.09. The molecule has 0 aliphatic rings. The number of hydrogen-bond acceptors (Lipinski definition) is 4. The normalized spacial score (nSPS) is 11.4. The fourth-order valence-corrected chi connectivity index (χ4v) is 3.43. The first-order chi connectivity index (χ1) is 9.29. The summed E-state index contributed by atoms with van der Waals surface area (Å²) in [6, 6.07) is 2.13. The lowest BCUT2D eigenvalue weighted by molar-refractivity contribution is 0.555. The second-order valence-corrected chi connectivity index (χ2v) is 6.73. The van der Waals surface area contributed by atoms with E-state index in [1.165, 1.54) is 6.20 Å². The maximum atomic E-state index is 13.5. The van der Waals surface area contributed by atoms with Crippen LogP contribution in [0.15, 0.2) is 38.5 Å². The molecule has 0 fully saturated rings. The summed E-state index contributed by atoms with van der Waals surface area (Å²) in [6.07, 6.45) is 1.25. The van der Waals surface area contributed by atoms with Crippen LogP contribution in [-0.4, -0.2) is 18.4 Å². The second kappa shape index (κ2) is 5.70. The number of rotatable bonds is 3. The monoisotopic (exact) mass is 427 g/mol. The molecule has 0 bridgehead atoms. The van der Waals surface area contributed by atoms with Gasteiger partial charge in [-0.3, -0.25) is 4.72 Å². The summed E-state index contributed by atoms with van der Waals surface area (Å²) in [7, 11) is -4.31. The third-order valence-electron chi connectivity index (χ3n) is 2.11. The largest absolute Gasteiger partial charge is 0.266 e. The Labute approximate surface area is 129 Å². The van der Waals surface area contributed by atoms with Gasteiger partial charge in [0.15, 0.2) is 10.4 Å². The molecule has 1 aromatic carbocycles. The molecule has 2 rings (SSSR count). The van der Waals surface area contributed by atoms with Gasteiger partial charge in [0.2, 0.25) is 0 Å². The number of sulfonamides is 1. The van der Waals surface area contributed by atoms with Crippen molar-refractivity contribution in [1.82, 2.24) is 9.97 Å². The van der Waals surface area contributed by atoms with Crippen molar-refractivity contribution in [2.24, 2.45) is 0 Å². The van der Waals surface area contributed by atoms with E-state index in [9.17, 15) is 17.2 Å². The molecule has 20 heavy (non-hydrogen) atoms. The Morgan fingerprint density at radius 2 is 1.90 bits per heavy atom. The molecule has 0 amide bonds. The molecular weight excluding hydrogens is 424 g/mol. The Kier molecular flexibility index (Phi) is 4.35. The van der Waals surface area contributed by atoms with Crippen molar-refractivity contribution in [3.05, 3.63) is 45.2 Å². The second-order valence-electron chi connectivity index (χ2n) is 3.51. The summed E-state index contributed by atoms with van der Waals surface area (Å²) in [6.45, 7) is 0. The van der Waals surface area contributed by atoms with E-state index in [0.29, 0.717) is 10.7 Å². The number of benzene rings is 1. The predicted octanol–water partition coefficient (Wildman–Crippen LogP) is 3.08. The van der Waals surface area contributed by atoms with Crippen molar-refractivity contribution in [2.75, 3.05) is 4.72 Å². The van der Waals surface area contributed by atoms with Gasteiger partial charge in [-0.05, 0) is 50.1 Å². The molecule has 1 heterocycles. The van der Waals surface area contributed by atoms with E-state index < -0.39 is 26.6 Å². The quantitative estimate of drug-likeness (QED) is 0.815. The summed E-state index contributed by atoms with van der Waals surface area (Å²) in [5, 5.41) is 0. The molecule has 0 saturated heterocycles. The Morgan fingerprint density at radius 1 is 1.20 bits per heavy atom. The minimum absolute atomic E-state index is 0.104. The van der Waals surface area contributed by atoms with Gasteiger partial charge in [0.05, 0.1) is 6.20 Å². The smallest absolute Gasteiger partial charge is 0.261 e. The van der Waals surface area contributed by atoms with Crippen LogP contribution in [0.4, 0.5) is 14.6 Å². The molecule has 0 atom stereocenters. The lowest BCUT2D eigenvalue weighted by Crippen LogP contribution is -2.16. The van der Waals surface area contributed by atoms with Gasteiger partial charge < -0.3 is 0 Å². The van der Waals surface area contributed by atoms with E-state index in [2.05, 4.69) is 41.8 Å². The van der Waals surface area contributed by atoms with Gasteiger partial charge in [0.1, 0.15) is 21.1 Å². The van der Waals surface area contributed by atoms with Crippen molar-refractivity contribution >= 4 is 47.7 Å².